The Bertz CT molecular complexity index is 543. The number of alkyl halides is 3. The molecular weight excluding hydrogens is 281 g/mol. The molecule has 108 valence electrons. The first-order valence-electron chi connectivity index (χ1n) is 5.12. The zero-order valence-corrected chi connectivity index (χ0v) is 9.90. The fourth-order valence-corrected chi connectivity index (χ4v) is 1.15. The SMILES string of the molecule is C=CCOC(=O)Nc1nc(C(F)(F)F)ccc1C(=O)O. The second-order valence-electron chi connectivity index (χ2n) is 3.41. The lowest BCUT2D eigenvalue weighted by molar-refractivity contribution is -0.141. The van der Waals surface area contributed by atoms with Crippen molar-refractivity contribution in [1.29, 1.82) is 0 Å². The van der Waals surface area contributed by atoms with E-state index in [0.29, 0.717) is 12.1 Å². The lowest BCUT2D eigenvalue weighted by atomic mass is 10.2. The number of halogens is 3. The molecule has 0 spiro atoms. The molecule has 0 fully saturated rings. The molecule has 0 aliphatic carbocycles. The molecule has 0 saturated carbocycles. The summed E-state index contributed by atoms with van der Waals surface area (Å²) in [7, 11) is 0. The maximum atomic E-state index is 12.5. The van der Waals surface area contributed by atoms with Crippen molar-refractivity contribution in [2.45, 2.75) is 6.18 Å². The Kier molecular flexibility index (Phi) is 4.68. The number of carbonyl (C=O) groups excluding carboxylic acids is 1. The predicted molar refractivity (Wildman–Crippen MR) is 61.4 cm³/mol. The van der Waals surface area contributed by atoms with E-state index in [0.717, 1.165) is 0 Å². The second kappa shape index (κ2) is 6.04. The molecule has 0 unspecified atom stereocenters. The third-order valence-corrected chi connectivity index (χ3v) is 1.97. The standard InChI is InChI=1S/C11H9F3N2O4/c1-2-5-20-10(19)16-8-6(9(17)18)3-4-7(15-8)11(12,13)14/h2-4H,1,5H2,(H,17,18)(H,15,16,19). The Morgan fingerprint density at radius 2 is 2.10 bits per heavy atom. The van der Waals surface area contributed by atoms with Crippen LogP contribution in [0.3, 0.4) is 0 Å². The number of amides is 1. The van der Waals surface area contributed by atoms with Crippen LogP contribution in [0.5, 0.6) is 0 Å². The Morgan fingerprint density at radius 3 is 2.60 bits per heavy atom. The topological polar surface area (TPSA) is 88.5 Å². The number of hydrogen-bond donors (Lipinski definition) is 2. The summed E-state index contributed by atoms with van der Waals surface area (Å²) in [5.74, 6) is -2.29. The first-order valence-corrected chi connectivity index (χ1v) is 5.12. The van der Waals surface area contributed by atoms with Crippen LogP contribution in [-0.4, -0.2) is 28.8 Å². The van der Waals surface area contributed by atoms with Gasteiger partial charge < -0.3 is 9.84 Å². The molecule has 0 aromatic carbocycles. The van der Waals surface area contributed by atoms with Gasteiger partial charge in [0.2, 0.25) is 0 Å². The molecule has 2 N–H and O–H groups in total. The van der Waals surface area contributed by atoms with Gasteiger partial charge in [0.05, 0.1) is 0 Å². The molecule has 20 heavy (non-hydrogen) atoms. The molecular formula is C11H9F3N2O4. The van der Waals surface area contributed by atoms with Crippen LogP contribution >= 0.6 is 0 Å². The number of aromatic carboxylic acids is 1. The first kappa shape index (κ1) is 15.5. The van der Waals surface area contributed by atoms with Gasteiger partial charge in [-0.15, -0.1) is 0 Å². The summed E-state index contributed by atoms with van der Waals surface area (Å²) in [6.07, 6.45) is -4.67. The van der Waals surface area contributed by atoms with Crippen molar-refractivity contribution in [2.75, 3.05) is 11.9 Å². The predicted octanol–water partition coefficient (Wildman–Crippen LogP) is 2.53. The number of nitrogens with zero attached hydrogens (tertiary/aromatic N) is 1. The van der Waals surface area contributed by atoms with Gasteiger partial charge in [0.15, 0.2) is 5.82 Å². The van der Waals surface area contributed by atoms with Gasteiger partial charge in [-0.2, -0.15) is 13.2 Å². The number of anilines is 1. The molecule has 1 amide bonds. The van der Waals surface area contributed by atoms with E-state index in [1.807, 2.05) is 5.32 Å². The first-order chi connectivity index (χ1) is 9.25. The summed E-state index contributed by atoms with van der Waals surface area (Å²) in [5, 5.41) is 10.7. The lowest BCUT2D eigenvalue weighted by Gasteiger charge is -2.11. The summed E-state index contributed by atoms with van der Waals surface area (Å²) < 4.78 is 41.9. The van der Waals surface area contributed by atoms with Crippen molar-refractivity contribution < 1.29 is 32.6 Å². The molecule has 6 nitrogen and oxygen atoms in total. The fourth-order valence-electron chi connectivity index (χ4n) is 1.15. The largest absolute Gasteiger partial charge is 0.478 e. The van der Waals surface area contributed by atoms with Crippen LogP contribution in [0.15, 0.2) is 24.8 Å². The smallest absolute Gasteiger partial charge is 0.433 e. The molecule has 1 aromatic heterocycles. The van der Waals surface area contributed by atoms with Crippen molar-refractivity contribution >= 4 is 17.9 Å². The molecule has 9 heteroatoms. The maximum Gasteiger partial charge on any atom is 0.433 e. The number of hydrogen-bond acceptors (Lipinski definition) is 4. The highest BCUT2D eigenvalue weighted by Gasteiger charge is 2.33. The molecule has 0 aliphatic rings. The third-order valence-electron chi connectivity index (χ3n) is 1.97. The van der Waals surface area contributed by atoms with Gasteiger partial charge in [-0.3, -0.25) is 5.32 Å². The molecule has 0 saturated heterocycles. The number of carboxylic acid groups (broad SMARTS) is 1. The van der Waals surface area contributed by atoms with E-state index in [2.05, 4.69) is 16.3 Å². The molecule has 1 rings (SSSR count). The van der Waals surface area contributed by atoms with E-state index in [9.17, 15) is 22.8 Å². The van der Waals surface area contributed by atoms with Gasteiger partial charge in [0.1, 0.15) is 17.9 Å². The van der Waals surface area contributed by atoms with Crippen LogP contribution < -0.4 is 5.32 Å². The van der Waals surface area contributed by atoms with Gasteiger partial charge in [-0.25, -0.2) is 14.6 Å². The highest BCUT2D eigenvalue weighted by molar-refractivity contribution is 5.97. The van der Waals surface area contributed by atoms with Crippen molar-refractivity contribution in [3.8, 4) is 0 Å². The quantitative estimate of drug-likeness (QED) is 0.832. The number of nitrogens with one attached hydrogen (secondary N) is 1. The Balaban J connectivity index is 3.09. The van der Waals surface area contributed by atoms with Gasteiger partial charge in [0, 0.05) is 0 Å². The molecule has 1 aromatic rings. The number of aromatic nitrogens is 1. The van der Waals surface area contributed by atoms with Gasteiger partial charge in [0.25, 0.3) is 0 Å². The minimum absolute atomic E-state index is 0.187. The summed E-state index contributed by atoms with van der Waals surface area (Å²) >= 11 is 0. The lowest BCUT2D eigenvalue weighted by Crippen LogP contribution is -2.19. The number of pyridine rings is 1. The molecule has 0 aliphatic heterocycles. The number of ether oxygens (including phenoxy) is 1. The molecule has 0 atom stereocenters. The summed E-state index contributed by atoms with van der Waals surface area (Å²) in [4.78, 5) is 25.1. The van der Waals surface area contributed by atoms with Crippen LogP contribution in [0.25, 0.3) is 0 Å². The summed E-state index contributed by atoms with van der Waals surface area (Å²) in [6.45, 7) is 3.08. The minimum atomic E-state index is -4.77. The van der Waals surface area contributed by atoms with Crippen molar-refractivity contribution in [3.63, 3.8) is 0 Å². The van der Waals surface area contributed by atoms with E-state index >= 15 is 0 Å². The van der Waals surface area contributed by atoms with Gasteiger partial charge >= 0.3 is 18.2 Å². The minimum Gasteiger partial charge on any atom is -0.478 e. The average molecular weight is 290 g/mol. The highest BCUT2D eigenvalue weighted by Crippen LogP contribution is 2.29. The molecule has 0 radical (unpaired) electrons. The second-order valence-corrected chi connectivity index (χ2v) is 3.41. The Morgan fingerprint density at radius 1 is 1.45 bits per heavy atom. The molecule has 1 heterocycles. The van der Waals surface area contributed by atoms with E-state index < -0.39 is 35.3 Å². The van der Waals surface area contributed by atoms with Crippen LogP contribution in [0, 0.1) is 0 Å². The van der Waals surface area contributed by atoms with Crippen LogP contribution in [0.2, 0.25) is 0 Å². The average Bonchev–Trinajstić information content (AvgIpc) is 2.34. The molecule has 0 bridgehead atoms. The number of rotatable bonds is 4. The van der Waals surface area contributed by atoms with Crippen molar-refractivity contribution in [2.24, 2.45) is 0 Å². The van der Waals surface area contributed by atoms with E-state index in [-0.39, 0.29) is 6.61 Å². The summed E-state index contributed by atoms with van der Waals surface area (Å²) in [6, 6.07) is 1.20. The highest BCUT2D eigenvalue weighted by atomic mass is 19.4. The fraction of sp³-hybridized carbons (Fsp3) is 0.182. The Labute approximate surface area is 110 Å². The zero-order valence-electron chi connectivity index (χ0n) is 9.90. The summed E-state index contributed by atoms with van der Waals surface area (Å²) in [5.41, 5.74) is -1.92. The van der Waals surface area contributed by atoms with E-state index in [4.69, 9.17) is 5.11 Å². The van der Waals surface area contributed by atoms with Crippen LogP contribution in [0.4, 0.5) is 23.8 Å². The number of carbonyl (C=O) groups is 2. The Hall–Kier alpha value is -2.58. The van der Waals surface area contributed by atoms with E-state index in [1.165, 1.54) is 6.08 Å². The van der Waals surface area contributed by atoms with Gasteiger partial charge in [-0.1, -0.05) is 12.7 Å². The van der Waals surface area contributed by atoms with E-state index in [1.54, 1.807) is 0 Å². The normalized spacial score (nSPS) is 10.8. The van der Waals surface area contributed by atoms with Crippen LogP contribution in [-0.2, 0) is 10.9 Å². The van der Waals surface area contributed by atoms with Crippen molar-refractivity contribution in [1.82, 2.24) is 4.98 Å². The van der Waals surface area contributed by atoms with Crippen LogP contribution in [0.1, 0.15) is 16.1 Å². The number of carboxylic acids is 1. The van der Waals surface area contributed by atoms with Gasteiger partial charge in [-0.05, 0) is 12.1 Å². The third kappa shape index (κ3) is 3.97. The van der Waals surface area contributed by atoms with Crippen molar-refractivity contribution in [3.05, 3.63) is 36.0 Å². The monoisotopic (exact) mass is 290 g/mol. The zero-order chi connectivity index (χ0) is 15.3. The maximum absolute atomic E-state index is 12.5.